The molecule has 27 heavy (non-hydrogen) atoms. The van der Waals surface area contributed by atoms with Crippen LogP contribution in [0, 0.1) is 0 Å². The molecule has 7 nitrogen and oxygen atoms in total. The number of aromatic nitrogens is 5. The van der Waals surface area contributed by atoms with Crippen LogP contribution in [0.15, 0.2) is 59.3 Å². The van der Waals surface area contributed by atoms with Gasteiger partial charge < -0.3 is 9.84 Å². The van der Waals surface area contributed by atoms with Crippen LogP contribution in [0.2, 0.25) is 0 Å². The maximum atomic E-state index is 5.36. The summed E-state index contributed by atoms with van der Waals surface area (Å²) in [6, 6.07) is 16.2. The maximum absolute atomic E-state index is 5.36. The summed E-state index contributed by atoms with van der Waals surface area (Å²) in [6.45, 7) is 6.22. The number of nitrogens with zero attached hydrogens (tertiary/aromatic N) is 5. The third-order valence-corrected chi connectivity index (χ3v) is 4.18. The fraction of sp³-hybridized carbons (Fsp3) is 0.200. The minimum atomic E-state index is -0.0865. The lowest BCUT2D eigenvalue weighted by Crippen LogP contribution is -2.09. The average Bonchev–Trinajstić information content (AvgIpc) is 3.31. The average molecular weight is 360 g/mol. The summed E-state index contributed by atoms with van der Waals surface area (Å²) >= 11 is 0. The molecule has 2 heterocycles. The maximum Gasteiger partial charge on any atom is 0.181 e. The lowest BCUT2D eigenvalue weighted by atomic mass is 9.93. The van der Waals surface area contributed by atoms with E-state index >= 15 is 0 Å². The van der Waals surface area contributed by atoms with Crippen LogP contribution in [0.4, 0.5) is 5.82 Å². The van der Waals surface area contributed by atoms with Crippen LogP contribution in [0.5, 0.6) is 0 Å². The third kappa shape index (κ3) is 3.57. The molecule has 0 aliphatic rings. The molecule has 0 bridgehead atoms. The molecular weight excluding hydrogens is 340 g/mol. The second kappa shape index (κ2) is 6.68. The number of nitrogens with one attached hydrogen (secondary N) is 1. The van der Waals surface area contributed by atoms with E-state index < -0.39 is 0 Å². The van der Waals surface area contributed by atoms with Crippen LogP contribution in [0.25, 0.3) is 22.5 Å². The van der Waals surface area contributed by atoms with Gasteiger partial charge in [0.1, 0.15) is 5.76 Å². The molecule has 0 aliphatic carbocycles. The topological polar surface area (TPSA) is 81.7 Å². The molecule has 0 aliphatic heterocycles. The molecule has 136 valence electrons. The van der Waals surface area contributed by atoms with Gasteiger partial charge in [-0.25, -0.2) is 0 Å². The van der Waals surface area contributed by atoms with E-state index in [1.165, 1.54) is 5.39 Å². The minimum absolute atomic E-state index is 0.0865. The van der Waals surface area contributed by atoms with E-state index in [9.17, 15) is 0 Å². The number of tetrazole rings is 1. The lowest BCUT2D eigenvalue weighted by molar-refractivity contribution is 0.331. The summed E-state index contributed by atoms with van der Waals surface area (Å²) in [6.07, 6.45) is 3.54. The van der Waals surface area contributed by atoms with Gasteiger partial charge in [0.05, 0.1) is 5.69 Å². The van der Waals surface area contributed by atoms with E-state index in [0.717, 1.165) is 16.8 Å². The van der Waals surface area contributed by atoms with Gasteiger partial charge in [-0.2, -0.15) is 4.68 Å². The van der Waals surface area contributed by atoms with Gasteiger partial charge in [-0.15, -0.1) is 5.10 Å². The highest BCUT2D eigenvalue weighted by molar-refractivity contribution is 5.84. The zero-order valence-electron chi connectivity index (χ0n) is 15.4. The molecule has 2 aromatic heterocycles. The summed E-state index contributed by atoms with van der Waals surface area (Å²) in [4.78, 5) is 0. The first-order valence-corrected chi connectivity index (χ1v) is 8.68. The second-order valence-corrected chi connectivity index (χ2v) is 7.28. The standard InChI is InChI=1S/C20H20N6O/c1-20(2,3)17-13-18(23-27-17)21-11-10-19-22-24-25-26(19)16-9-8-14-6-4-5-7-15(14)12-16/h4-13H,1-3H3,(H,21,23)/b11-10-. The number of hydrogen-bond acceptors (Lipinski definition) is 6. The zero-order chi connectivity index (χ0) is 18.9. The molecule has 0 unspecified atom stereocenters. The monoisotopic (exact) mass is 360 g/mol. The van der Waals surface area contributed by atoms with E-state index in [4.69, 9.17) is 4.52 Å². The van der Waals surface area contributed by atoms with Crippen LogP contribution in [-0.2, 0) is 5.41 Å². The molecule has 0 amide bonds. The van der Waals surface area contributed by atoms with Crippen LogP contribution in [0.1, 0.15) is 32.4 Å². The Hall–Kier alpha value is -3.48. The molecule has 1 N–H and O–H groups in total. The molecule has 4 aromatic rings. The van der Waals surface area contributed by atoms with E-state index in [-0.39, 0.29) is 5.41 Å². The van der Waals surface area contributed by atoms with Gasteiger partial charge in [-0.3, -0.25) is 0 Å². The van der Waals surface area contributed by atoms with Gasteiger partial charge in [-0.05, 0) is 33.3 Å². The Labute approximate surface area is 156 Å². The second-order valence-electron chi connectivity index (χ2n) is 7.28. The highest BCUT2D eigenvalue weighted by Crippen LogP contribution is 2.24. The van der Waals surface area contributed by atoms with Crippen molar-refractivity contribution in [1.29, 1.82) is 0 Å². The normalized spacial score (nSPS) is 12.1. The summed E-state index contributed by atoms with van der Waals surface area (Å²) in [5.41, 5.74) is 0.811. The smallest absolute Gasteiger partial charge is 0.181 e. The predicted molar refractivity (Wildman–Crippen MR) is 105 cm³/mol. The molecule has 7 heteroatoms. The summed E-state index contributed by atoms with van der Waals surface area (Å²) < 4.78 is 7.05. The van der Waals surface area contributed by atoms with Crippen LogP contribution < -0.4 is 5.32 Å². The highest BCUT2D eigenvalue weighted by atomic mass is 16.5. The van der Waals surface area contributed by atoms with Crippen molar-refractivity contribution in [2.75, 3.05) is 5.32 Å². The van der Waals surface area contributed by atoms with Crippen molar-refractivity contribution in [1.82, 2.24) is 25.4 Å². The molecule has 2 aromatic carbocycles. The van der Waals surface area contributed by atoms with Crippen molar-refractivity contribution in [2.24, 2.45) is 0 Å². The Balaban J connectivity index is 1.54. The molecule has 0 fully saturated rings. The summed E-state index contributed by atoms with van der Waals surface area (Å²) in [7, 11) is 0. The SMILES string of the molecule is CC(C)(C)c1cc(N/C=C\c2nnnn2-c2ccc3ccccc3c2)no1. The van der Waals surface area contributed by atoms with Gasteiger partial charge in [-0.1, -0.05) is 56.3 Å². The Bertz CT molecular complexity index is 1100. The van der Waals surface area contributed by atoms with Crippen molar-refractivity contribution in [2.45, 2.75) is 26.2 Å². The van der Waals surface area contributed by atoms with Crippen LogP contribution in [0.3, 0.4) is 0 Å². The molecule has 0 atom stereocenters. The Morgan fingerprint density at radius 3 is 2.63 bits per heavy atom. The number of fused-ring (bicyclic) bond motifs is 1. The zero-order valence-corrected chi connectivity index (χ0v) is 15.4. The fourth-order valence-corrected chi connectivity index (χ4v) is 2.69. The van der Waals surface area contributed by atoms with E-state index in [1.54, 1.807) is 17.0 Å². The molecule has 0 radical (unpaired) electrons. The quantitative estimate of drug-likeness (QED) is 0.588. The first-order valence-electron chi connectivity index (χ1n) is 8.68. The number of anilines is 1. The van der Waals surface area contributed by atoms with Crippen molar-refractivity contribution in [3.05, 3.63) is 66.3 Å². The van der Waals surface area contributed by atoms with Gasteiger partial charge >= 0.3 is 0 Å². The first kappa shape index (κ1) is 17.0. The van der Waals surface area contributed by atoms with Gasteiger partial charge in [0.15, 0.2) is 11.6 Å². The van der Waals surface area contributed by atoms with Crippen LogP contribution >= 0.6 is 0 Å². The van der Waals surface area contributed by atoms with Crippen molar-refractivity contribution >= 4 is 22.7 Å². The van der Waals surface area contributed by atoms with E-state index in [2.05, 4.69) is 71.0 Å². The summed E-state index contributed by atoms with van der Waals surface area (Å²) in [5.74, 6) is 2.07. The molecular formula is C20H20N6O. The van der Waals surface area contributed by atoms with E-state index in [0.29, 0.717) is 11.6 Å². The summed E-state index contributed by atoms with van der Waals surface area (Å²) in [5, 5.41) is 21.4. The van der Waals surface area contributed by atoms with E-state index in [1.807, 2.05) is 24.3 Å². The lowest BCUT2D eigenvalue weighted by Gasteiger charge is -2.11. The molecule has 0 saturated carbocycles. The number of hydrogen-bond donors (Lipinski definition) is 1. The molecule has 0 saturated heterocycles. The van der Waals surface area contributed by atoms with Gasteiger partial charge in [0.2, 0.25) is 0 Å². The van der Waals surface area contributed by atoms with Crippen molar-refractivity contribution in [3.63, 3.8) is 0 Å². The predicted octanol–water partition coefficient (Wildman–Crippen LogP) is 4.18. The Morgan fingerprint density at radius 2 is 1.85 bits per heavy atom. The first-order chi connectivity index (χ1) is 13.0. The van der Waals surface area contributed by atoms with Gasteiger partial charge in [0.25, 0.3) is 0 Å². The molecule has 4 rings (SSSR count). The van der Waals surface area contributed by atoms with Crippen LogP contribution in [-0.4, -0.2) is 25.4 Å². The highest BCUT2D eigenvalue weighted by Gasteiger charge is 2.19. The van der Waals surface area contributed by atoms with Crippen molar-refractivity contribution < 1.29 is 4.52 Å². The van der Waals surface area contributed by atoms with Gasteiger partial charge in [0, 0.05) is 23.8 Å². The Kier molecular flexibility index (Phi) is 4.19. The fourth-order valence-electron chi connectivity index (χ4n) is 2.69. The van der Waals surface area contributed by atoms with Crippen molar-refractivity contribution in [3.8, 4) is 5.69 Å². The molecule has 0 spiro atoms. The third-order valence-electron chi connectivity index (χ3n) is 4.18. The minimum Gasteiger partial charge on any atom is -0.359 e. The Morgan fingerprint density at radius 1 is 1.04 bits per heavy atom. The number of benzene rings is 2. The largest absolute Gasteiger partial charge is 0.359 e. The number of rotatable bonds is 4.